The summed E-state index contributed by atoms with van der Waals surface area (Å²) in [5, 5.41) is 20.8. The molecular formula is C16H21NO6. The van der Waals surface area contributed by atoms with Crippen LogP contribution in [0.15, 0.2) is 30.3 Å². The average Bonchev–Trinajstić information content (AvgIpc) is 2.41. The minimum Gasteiger partial charge on any atom is -0.481 e. The number of nitrogens with one attached hydrogen (secondary N) is 1. The SMILES string of the molecule is CC(C)(C)OC(=O)N[C@H](C(=O)O)C(Cc1ccccc1)C(=O)O. The van der Waals surface area contributed by atoms with Gasteiger partial charge in [0.2, 0.25) is 0 Å². The number of alkyl carbamates (subject to hydrolysis) is 1. The lowest BCUT2D eigenvalue weighted by Crippen LogP contribution is -2.50. The largest absolute Gasteiger partial charge is 0.481 e. The van der Waals surface area contributed by atoms with Crippen LogP contribution in [0.4, 0.5) is 4.79 Å². The smallest absolute Gasteiger partial charge is 0.408 e. The maximum atomic E-state index is 11.8. The molecule has 1 unspecified atom stereocenters. The van der Waals surface area contributed by atoms with Crippen LogP contribution in [-0.4, -0.2) is 39.9 Å². The number of aliphatic carboxylic acids is 2. The highest BCUT2D eigenvalue weighted by Crippen LogP contribution is 2.15. The third kappa shape index (κ3) is 6.37. The van der Waals surface area contributed by atoms with Gasteiger partial charge in [0.25, 0.3) is 0 Å². The minimum atomic E-state index is -1.59. The van der Waals surface area contributed by atoms with Gasteiger partial charge < -0.3 is 20.3 Å². The summed E-state index contributed by atoms with van der Waals surface area (Å²) in [7, 11) is 0. The zero-order chi connectivity index (χ0) is 17.6. The Bertz CT molecular complexity index is 564. The van der Waals surface area contributed by atoms with Crippen molar-refractivity contribution in [3.8, 4) is 0 Å². The Morgan fingerprint density at radius 1 is 1.09 bits per heavy atom. The van der Waals surface area contributed by atoms with Crippen LogP contribution in [0.5, 0.6) is 0 Å². The molecule has 126 valence electrons. The molecule has 0 fully saturated rings. The van der Waals surface area contributed by atoms with Gasteiger partial charge in [-0.05, 0) is 32.8 Å². The molecule has 7 heteroatoms. The van der Waals surface area contributed by atoms with Crippen LogP contribution >= 0.6 is 0 Å². The van der Waals surface area contributed by atoms with Crippen molar-refractivity contribution >= 4 is 18.0 Å². The van der Waals surface area contributed by atoms with Crippen molar-refractivity contribution in [2.24, 2.45) is 5.92 Å². The van der Waals surface area contributed by atoms with E-state index in [0.717, 1.165) is 0 Å². The predicted molar refractivity (Wildman–Crippen MR) is 82.1 cm³/mol. The van der Waals surface area contributed by atoms with E-state index in [2.05, 4.69) is 5.32 Å². The number of hydrogen-bond acceptors (Lipinski definition) is 4. The second-order valence-electron chi connectivity index (χ2n) is 6.10. The van der Waals surface area contributed by atoms with Gasteiger partial charge in [0, 0.05) is 0 Å². The molecule has 0 spiro atoms. The molecule has 2 atom stereocenters. The standard InChI is InChI=1S/C16H21NO6/c1-16(2,3)23-15(22)17-12(14(20)21)11(13(18)19)9-10-7-5-4-6-8-10/h4-8,11-12H,9H2,1-3H3,(H,17,22)(H,18,19)(H,20,21)/t11?,12-/m0/s1. The van der Waals surface area contributed by atoms with Crippen LogP contribution in [0.3, 0.4) is 0 Å². The van der Waals surface area contributed by atoms with Gasteiger partial charge in [-0.3, -0.25) is 4.79 Å². The summed E-state index contributed by atoms with van der Waals surface area (Å²) in [6, 6.07) is 7.02. The number of carbonyl (C=O) groups excluding carboxylic acids is 1. The molecule has 0 heterocycles. The Labute approximate surface area is 134 Å². The van der Waals surface area contributed by atoms with Gasteiger partial charge in [0.05, 0.1) is 5.92 Å². The normalized spacial score (nSPS) is 13.7. The van der Waals surface area contributed by atoms with E-state index in [-0.39, 0.29) is 6.42 Å². The second-order valence-corrected chi connectivity index (χ2v) is 6.10. The van der Waals surface area contributed by atoms with Crippen LogP contribution in [0.25, 0.3) is 0 Å². The fourth-order valence-electron chi connectivity index (χ4n) is 1.98. The molecule has 1 rings (SSSR count). The van der Waals surface area contributed by atoms with Crippen LogP contribution in [0, 0.1) is 5.92 Å². The summed E-state index contributed by atoms with van der Waals surface area (Å²) in [5.74, 6) is -4.06. The number of rotatable bonds is 6. The van der Waals surface area contributed by atoms with Gasteiger partial charge in [-0.1, -0.05) is 30.3 Å². The molecule has 0 saturated heterocycles. The molecule has 0 aliphatic heterocycles. The molecular weight excluding hydrogens is 302 g/mol. The van der Waals surface area contributed by atoms with Crippen molar-refractivity contribution in [3.05, 3.63) is 35.9 Å². The van der Waals surface area contributed by atoms with E-state index < -0.39 is 35.6 Å². The van der Waals surface area contributed by atoms with E-state index >= 15 is 0 Å². The summed E-state index contributed by atoms with van der Waals surface area (Å²) in [6.07, 6.45) is -0.993. The number of hydrogen-bond donors (Lipinski definition) is 3. The van der Waals surface area contributed by atoms with Crippen LogP contribution in [0.1, 0.15) is 26.3 Å². The first-order chi connectivity index (χ1) is 10.6. The van der Waals surface area contributed by atoms with E-state index in [1.807, 2.05) is 0 Å². The highest BCUT2D eigenvalue weighted by molar-refractivity contribution is 5.86. The molecule has 23 heavy (non-hydrogen) atoms. The molecule has 0 aromatic heterocycles. The van der Waals surface area contributed by atoms with E-state index in [0.29, 0.717) is 5.56 Å². The molecule has 0 bridgehead atoms. The van der Waals surface area contributed by atoms with Gasteiger partial charge in [-0.15, -0.1) is 0 Å². The van der Waals surface area contributed by atoms with Crippen LogP contribution < -0.4 is 5.32 Å². The van der Waals surface area contributed by atoms with Crippen molar-refractivity contribution in [1.29, 1.82) is 0 Å². The molecule has 1 amide bonds. The molecule has 0 aliphatic carbocycles. The number of ether oxygens (including phenoxy) is 1. The zero-order valence-electron chi connectivity index (χ0n) is 13.3. The molecule has 0 aliphatic rings. The average molecular weight is 323 g/mol. The lowest BCUT2D eigenvalue weighted by Gasteiger charge is -2.25. The van der Waals surface area contributed by atoms with E-state index in [9.17, 15) is 24.6 Å². The Kier molecular flexibility index (Phi) is 6.12. The fourth-order valence-corrected chi connectivity index (χ4v) is 1.98. The van der Waals surface area contributed by atoms with Gasteiger partial charge in [0.1, 0.15) is 11.6 Å². The molecule has 1 aromatic carbocycles. The third-order valence-corrected chi connectivity index (χ3v) is 2.96. The van der Waals surface area contributed by atoms with E-state index in [1.165, 1.54) is 0 Å². The summed E-state index contributed by atoms with van der Waals surface area (Å²) < 4.78 is 4.99. The minimum absolute atomic E-state index is 0.0249. The number of amides is 1. The summed E-state index contributed by atoms with van der Waals surface area (Å²) in [6.45, 7) is 4.88. The maximum absolute atomic E-state index is 11.8. The first-order valence-corrected chi connectivity index (χ1v) is 7.09. The number of benzene rings is 1. The Morgan fingerprint density at radius 3 is 2.09 bits per heavy atom. The van der Waals surface area contributed by atoms with E-state index in [4.69, 9.17) is 4.74 Å². The molecule has 0 radical (unpaired) electrons. The summed E-state index contributed by atoms with van der Waals surface area (Å²) >= 11 is 0. The maximum Gasteiger partial charge on any atom is 0.408 e. The molecule has 3 N–H and O–H groups in total. The number of carboxylic acids is 2. The second kappa shape index (κ2) is 7.62. The van der Waals surface area contributed by atoms with Crippen LogP contribution in [-0.2, 0) is 20.7 Å². The first kappa shape index (κ1) is 18.5. The molecule has 0 saturated carbocycles. The zero-order valence-corrected chi connectivity index (χ0v) is 13.3. The topological polar surface area (TPSA) is 113 Å². The quantitative estimate of drug-likeness (QED) is 0.737. The Morgan fingerprint density at radius 2 is 1.65 bits per heavy atom. The summed E-state index contributed by atoms with van der Waals surface area (Å²) in [4.78, 5) is 34.6. The highest BCUT2D eigenvalue weighted by Gasteiger charge is 2.36. The van der Waals surface area contributed by atoms with Gasteiger partial charge in [-0.2, -0.15) is 0 Å². The van der Waals surface area contributed by atoms with Crippen molar-refractivity contribution in [2.45, 2.75) is 38.8 Å². The lowest BCUT2D eigenvalue weighted by atomic mass is 9.92. The van der Waals surface area contributed by atoms with Gasteiger partial charge in [0.15, 0.2) is 0 Å². The van der Waals surface area contributed by atoms with Crippen LogP contribution in [0.2, 0.25) is 0 Å². The van der Waals surface area contributed by atoms with Crippen molar-refractivity contribution in [2.75, 3.05) is 0 Å². The van der Waals surface area contributed by atoms with Gasteiger partial charge >= 0.3 is 18.0 Å². The van der Waals surface area contributed by atoms with Crippen molar-refractivity contribution in [3.63, 3.8) is 0 Å². The van der Waals surface area contributed by atoms with E-state index in [1.54, 1.807) is 51.1 Å². The highest BCUT2D eigenvalue weighted by atomic mass is 16.6. The third-order valence-electron chi connectivity index (χ3n) is 2.96. The predicted octanol–water partition coefficient (Wildman–Crippen LogP) is 1.91. The monoisotopic (exact) mass is 323 g/mol. The Hall–Kier alpha value is -2.57. The van der Waals surface area contributed by atoms with Crippen molar-refractivity contribution < 1.29 is 29.3 Å². The lowest BCUT2D eigenvalue weighted by molar-refractivity contribution is -0.150. The van der Waals surface area contributed by atoms with Crippen molar-refractivity contribution in [1.82, 2.24) is 5.32 Å². The fraction of sp³-hybridized carbons (Fsp3) is 0.438. The molecule has 1 aromatic rings. The summed E-state index contributed by atoms with van der Waals surface area (Å²) in [5.41, 5.74) is -0.150. The number of carbonyl (C=O) groups is 3. The van der Waals surface area contributed by atoms with Gasteiger partial charge in [-0.25, -0.2) is 9.59 Å². The molecule has 7 nitrogen and oxygen atoms in total. The first-order valence-electron chi connectivity index (χ1n) is 7.09. The Balaban J connectivity index is 2.92. The number of carboxylic acid groups (broad SMARTS) is 2.